The minimum atomic E-state index is 0.805. The van der Waals surface area contributed by atoms with Gasteiger partial charge in [-0.05, 0) is 217 Å². The second-order valence-corrected chi connectivity index (χ2v) is 23.1. The second kappa shape index (κ2) is 23.3. The van der Waals surface area contributed by atoms with E-state index in [9.17, 15) is 0 Å². The monoisotopic (exact) mass is 1160 g/mol. The molecule has 0 spiro atoms. The molecule has 9 nitrogen and oxygen atoms in total. The number of hydrogen-bond acceptors (Lipinski definition) is 12. The van der Waals surface area contributed by atoms with Crippen molar-refractivity contribution in [2.24, 2.45) is 0 Å². The Morgan fingerprint density at radius 2 is 0.369 bits per heavy atom. The molecular formula is C72H57N3O6S3. The van der Waals surface area contributed by atoms with E-state index in [4.69, 9.17) is 28.4 Å². The van der Waals surface area contributed by atoms with Crippen LogP contribution in [0.1, 0.15) is 0 Å². The molecule has 414 valence electrons. The van der Waals surface area contributed by atoms with Crippen molar-refractivity contribution in [2.45, 2.75) is 0 Å². The Kier molecular flexibility index (Phi) is 14.8. The number of hydrogen-bond donors (Lipinski definition) is 0. The van der Waals surface area contributed by atoms with E-state index >= 15 is 0 Å². The molecule has 0 saturated carbocycles. The second-order valence-electron chi connectivity index (χ2n) is 19.9. The zero-order chi connectivity index (χ0) is 57.3. The molecule has 0 aliphatic heterocycles. The van der Waals surface area contributed by atoms with Crippen LogP contribution in [0.5, 0.6) is 34.5 Å². The fourth-order valence-electron chi connectivity index (χ4n) is 10.8. The Labute approximate surface area is 500 Å². The number of thiophene rings is 3. The summed E-state index contributed by atoms with van der Waals surface area (Å²) in [5, 5.41) is 3.77. The van der Waals surface area contributed by atoms with E-state index in [2.05, 4.69) is 178 Å². The van der Waals surface area contributed by atoms with Crippen LogP contribution < -0.4 is 43.1 Å². The smallest absolute Gasteiger partial charge is 0.119 e. The van der Waals surface area contributed by atoms with E-state index in [0.29, 0.717) is 0 Å². The number of methoxy groups -OCH3 is 6. The van der Waals surface area contributed by atoms with Crippen LogP contribution in [0.15, 0.2) is 237 Å². The lowest BCUT2D eigenvalue weighted by molar-refractivity contribution is 0.414. The standard InChI is InChI=1S/C72H57N3O6S3/c1-76-58-31-19-52(20-32-58)73(53-21-33-59(77-2)34-22-53)49-13-7-46(8-14-49)67-43-64-70(82-67)65-44-68(47-9-15-50(16-10-47)74(54-23-35-60(78-3)36-24-54)55-25-37-61(79-4)38-26-55)84-72(65)66-45-69(83-71(64)66)48-11-17-51(18-12-48)75(56-27-39-62(80-5)40-28-56)57-29-41-63(81-6)42-30-57/h7-45H,1-6H3. The normalized spacial score (nSPS) is 11.2. The van der Waals surface area contributed by atoms with Gasteiger partial charge in [-0.1, -0.05) is 36.4 Å². The minimum absolute atomic E-state index is 0.805. The van der Waals surface area contributed by atoms with Crippen LogP contribution in [0.4, 0.5) is 51.2 Å². The van der Waals surface area contributed by atoms with Crippen molar-refractivity contribution in [2.75, 3.05) is 57.4 Å². The quantitative estimate of drug-likeness (QED) is 0.0836. The summed E-state index contributed by atoms with van der Waals surface area (Å²) in [5.74, 6) is 4.83. The summed E-state index contributed by atoms with van der Waals surface area (Å²) in [6.45, 7) is 0. The van der Waals surface area contributed by atoms with Gasteiger partial charge < -0.3 is 43.1 Å². The predicted molar refractivity (Wildman–Crippen MR) is 352 cm³/mol. The van der Waals surface area contributed by atoms with E-state index in [0.717, 1.165) is 102 Å². The van der Waals surface area contributed by atoms with Crippen LogP contribution in [0.3, 0.4) is 0 Å². The Morgan fingerprint density at radius 1 is 0.214 bits per heavy atom. The Bertz CT molecular complexity index is 3700. The number of benzene rings is 10. The van der Waals surface area contributed by atoms with Gasteiger partial charge in [0.2, 0.25) is 0 Å². The van der Waals surface area contributed by atoms with Gasteiger partial charge in [0.25, 0.3) is 0 Å². The maximum absolute atomic E-state index is 5.54. The van der Waals surface area contributed by atoms with Crippen LogP contribution >= 0.6 is 34.0 Å². The molecule has 0 aliphatic carbocycles. The first-order chi connectivity index (χ1) is 41.3. The highest BCUT2D eigenvalue weighted by atomic mass is 32.1. The molecule has 0 aliphatic rings. The number of anilines is 9. The molecular weight excluding hydrogens is 1100 g/mol. The molecule has 3 heterocycles. The average molecular weight is 1160 g/mol. The molecule has 10 aromatic carbocycles. The molecule has 12 heteroatoms. The number of ether oxygens (including phenoxy) is 6. The average Bonchev–Trinajstić information content (AvgIpc) is 3.11. The van der Waals surface area contributed by atoms with Crippen molar-refractivity contribution in [1.82, 2.24) is 0 Å². The molecule has 0 radical (unpaired) electrons. The van der Waals surface area contributed by atoms with Crippen molar-refractivity contribution >= 4 is 115 Å². The summed E-state index contributed by atoms with van der Waals surface area (Å²) in [6.07, 6.45) is 0. The third kappa shape index (κ3) is 10.4. The van der Waals surface area contributed by atoms with Gasteiger partial charge >= 0.3 is 0 Å². The van der Waals surface area contributed by atoms with E-state index in [1.807, 2.05) is 107 Å². The molecule has 0 saturated heterocycles. The molecule has 13 rings (SSSR count). The number of rotatable bonds is 18. The maximum atomic E-state index is 5.54. The van der Waals surface area contributed by atoms with Crippen LogP contribution in [-0.4, -0.2) is 42.7 Å². The molecule has 13 aromatic rings. The molecule has 0 atom stereocenters. The molecule has 0 unspecified atom stereocenters. The largest absolute Gasteiger partial charge is 0.497 e. The maximum Gasteiger partial charge on any atom is 0.119 e. The zero-order valence-electron chi connectivity index (χ0n) is 47.0. The summed E-state index contributed by atoms with van der Waals surface area (Å²) >= 11 is 5.59. The first kappa shape index (κ1) is 53.6. The van der Waals surface area contributed by atoms with E-state index in [1.165, 1.54) is 44.9 Å². The fraction of sp³-hybridized carbons (Fsp3) is 0.0833. The minimum Gasteiger partial charge on any atom is -0.497 e. The van der Waals surface area contributed by atoms with E-state index < -0.39 is 0 Å². The van der Waals surface area contributed by atoms with Crippen molar-refractivity contribution in [3.63, 3.8) is 0 Å². The van der Waals surface area contributed by atoms with Crippen molar-refractivity contribution in [3.05, 3.63) is 237 Å². The third-order valence-corrected chi connectivity index (χ3v) is 18.8. The third-order valence-electron chi connectivity index (χ3n) is 15.1. The zero-order valence-corrected chi connectivity index (χ0v) is 49.5. The van der Waals surface area contributed by atoms with Crippen molar-refractivity contribution in [3.8, 4) is 65.8 Å². The number of nitrogens with zero attached hydrogens (tertiary/aromatic N) is 3. The van der Waals surface area contributed by atoms with Crippen molar-refractivity contribution < 1.29 is 28.4 Å². The summed E-state index contributed by atoms with van der Waals surface area (Å²) in [7, 11) is 10.2. The van der Waals surface area contributed by atoms with Crippen LogP contribution in [-0.2, 0) is 0 Å². The highest BCUT2D eigenvalue weighted by Gasteiger charge is 2.22. The Morgan fingerprint density at radius 3 is 0.524 bits per heavy atom. The highest BCUT2D eigenvalue weighted by Crippen LogP contribution is 2.52. The van der Waals surface area contributed by atoms with Gasteiger partial charge in [0.1, 0.15) is 34.5 Å². The summed E-state index contributed by atoms with van der Waals surface area (Å²) in [4.78, 5) is 10.4. The SMILES string of the molecule is COc1ccc(N(c2ccc(OC)cc2)c2ccc(-c3cc4c(s3)c3cc(-c5ccc(N(c6ccc(OC)cc6)c6ccc(OC)cc6)cc5)sc3c3cc(-c5ccc(N(c6ccc(OC)cc6)c6ccc(OC)cc6)cc5)sc43)cc2)cc1. The van der Waals surface area contributed by atoms with Crippen LogP contribution in [0.25, 0.3) is 61.6 Å². The lowest BCUT2D eigenvalue weighted by Gasteiger charge is -2.26. The lowest BCUT2D eigenvalue weighted by Crippen LogP contribution is -2.09. The number of fused-ring (bicyclic) bond motifs is 6. The first-order valence-electron chi connectivity index (χ1n) is 27.3. The molecule has 0 amide bonds. The highest BCUT2D eigenvalue weighted by molar-refractivity contribution is 7.29. The molecule has 0 fully saturated rings. The first-order valence-corrected chi connectivity index (χ1v) is 29.7. The molecule has 84 heavy (non-hydrogen) atoms. The van der Waals surface area contributed by atoms with Gasteiger partial charge in [-0.3, -0.25) is 0 Å². The van der Waals surface area contributed by atoms with Gasteiger partial charge in [0.05, 0.1) is 42.7 Å². The van der Waals surface area contributed by atoms with Gasteiger partial charge in [-0.25, -0.2) is 0 Å². The molecule has 0 bridgehead atoms. The van der Waals surface area contributed by atoms with E-state index in [1.54, 1.807) is 42.7 Å². The lowest BCUT2D eigenvalue weighted by atomic mass is 10.1. The summed E-state index contributed by atoms with van der Waals surface area (Å²) < 4.78 is 37.0. The fourth-order valence-corrected chi connectivity index (χ4v) is 14.5. The summed E-state index contributed by atoms with van der Waals surface area (Å²) in [5.41, 5.74) is 12.7. The molecule has 0 N–H and O–H groups in total. The summed E-state index contributed by atoms with van der Waals surface area (Å²) in [6, 6.07) is 83.1. The van der Waals surface area contributed by atoms with Gasteiger partial charge in [0, 0.05) is 96.1 Å². The van der Waals surface area contributed by atoms with E-state index in [-0.39, 0.29) is 0 Å². The Balaban J connectivity index is 0.910. The van der Waals surface area contributed by atoms with Crippen molar-refractivity contribution in [1.29, 1.82) is 0 Å². The topological polar surface area (TPSA) is 65.1 Å². The van der Waals surface area contributed by atoms with Gasteiger partial charge in [0.15, 0.2) is 0 Å². The Hall–Kier alpha value is -9.72. The van der Waals surface area contributed by atoms with Crippen LogP contribution in [0, 0.1) is 0 Å². The predicted octanol–water partition coefficient (Wildman–Crippen LogP) is 20.8. The van der Waals surface area contributed by atoms with Gasteiger partial charge in [-0.2, -0.15) is 0 Å². The molecule has 3 aromatic heterocycles. The van der Waals surface area contributed by atoms with Gasteiger partial charge in [-0.15, -0.1) is 34.0 Å². The van der Waals surface area contributed by atoms with Crippen LogP contribution in [0.2, 0.25) is 0 Å².